The Kier molecular flexibility index (Phi) is 3.02. The standard InChI is InChI=1S/C15H20O4/c1-9-11-6-5-10(8-16)4-3-7-15(2)13(19-15)12(11)18-14(9)17/h4,11-13,16H,1,3,5-8H2,2H3/b10-4+/t11-,12-,13?,15?/m0/s1. The molecule has 4 nitrogen and oxygen atoms in total. The molecular formula is C15H20O4. The Morgan fingerprint density at radius 1 is 1.58 bits per heavy atom. The van der Waals surface area contributed by atoms with Gasteiger partial charge in [-0.05, 0) is 38.2 Å². The molecule has 1 aliphatic carbocycles. The first-order valence-corrected chi connectivity index (χ1v) is 6.91. The van der Waals surface area contributed by atoms with E-state index in [2.05, 4.69) is 19.6 Å². The van der Waals surface area contributed by atoms with Crippen LogP contribution in [0.4, 0.5) is 0 Å². The number of carbonyl (C=O) groups is 1. The van der Waals surface area contributed by atoms with Crippen LogP contribution < -0.4 is 0 Å². The maximum absolute atomic E-state index is 11.7. The first kappa shape index (κ1) is 12.9. The third-order valence-corrected chi connectivity index (χ3v) is 4.64. The Labute approximate surface area is 113 Å². The van der Waals surface area contributed by atoms with Gasteiger partial charge < -0.3 is 14.6 Å². The molecule has 0 amide bonds. The van der Waals surface area contributed by atoms with Gasteiger partial charge in [-0.25, -0.2) is 4.79 Å². The molecular weight excluding hydrogens is 244 g/mol. The van der Waals surface area contributed by atoms with Gasteiger partial charge in [0, 0.05) is 11.5 Å². The molecule has 2 unspecified atom stereocenters. The van der Waals surface area contributed by atoms with Crippen molar-refractivity contribution >= 4 is 5.97 Å². The average Bonchev–Trinajstić information content (AvgIpc) is 2.97. The second-order valence-electron chi connectivity index (χ2n) is 5.95. The lowest BCUT2D eigenvalue weighted by atomic mass is 9.84. The van der Waals surface area contributed by atoms with Crippen LogP contribution in [0.1, 0.15) is 32.6 Å². The van der Waals surface area contributed by atoms with Crippen molar-refractivity contribution < 1.29 is 19.4 Å². The number of ether oxygens (including phenoxy) is 2. The van der Waals surface area contributed by atoms with E-state index in [1.807, 2.05) is 0 Å². The molecule has 0 saturated carbocycles. The van der Waals surface area contributed by atoms with Gasteiger partial charge >= 0.3 is 5.97 Å². The molecule has 0 aromatic rings. The molecule has 2 fully saturated rings. The van der Waals surface area contributed by atoms with E-state index < -0.39 is 0 Å². The van der Waals surface area contributed by atoms with E-state index >= 15 is 0 Å². The zero-order valence-corrected chi connectivity index (χ0v) is 11.2. The number of aliphatic hydroxyl groups excluding tert-OH is 1. The molecule has 3 aliphatic rings. The van der Waals surface area contributed by atoms with Crippen molar-refractivity contribution in [1.29, 1.82) is 0 Å². The summed E-state index contributed by atoms with van der Waals surface area (Å²) in [6.07, 6.45) is 5.29. The summed E-state index contributed by atoms with van der Waals surface area (Å²) in [6, 6.07) is 0. The van der Waals surface area contributed by atoms with Crippen LogP contribution in [0.2, 0.25) is 0 Å². The molecule has 1 N–H and O–H groups in total. The molecule has 0 bridgehead atoms. The van der Waals surface area contributed by atoms with Crippen LogP contribution in [0.15, 0.2) is 23.8 Å². The number of carbonyl (C=O) groups excluding carboxylic acids is 1. The number of allylic oxidation sites excluding steroid dienone is 1. The number of epoxide rings is 1. The number of esters is 1. The highest BCUT2D eigenvalue weighted by Gasteiger charge is 2.61. The van der Waals surface area contributed by atoms with Crippen LogP contribution in [0.25, 0.3) is 0 Å². The molecule has 19 heavy (non-hydrogen) atoms. The van der Waals surface area contributed by atoms with Gasteiger partial charge in [-0.3, -0.25) is 0 Å². The zero-order valence-electron chi connectivity index (χ0n) is 11.2. The van der Waals surface area contributed by atoms with Gasteiger partial charge in [0.05, 0.1) is 12.2 Å². The molecule has 2 saturated heterocycles. The van der Waals surface area contributed by atoms with Crippen LogP contribution in [-0.4, -0.2) is 35.5 Å². The van der Waals surface area contributed by atoms with Gasteiger partial charge in [0.15, 0.2) is 0 Å². The molecule has 2 aliphatic heterocycles. The van der Waals surface area contributed by atoms with Crippen LogP contribution >= 0.6 is 0 Å². The number of rotatable bonds is 1. The Morgan fingerprint density at radius 3 is 3.11 bits per heavy atom. The van der Waals surface area contributed by atoms with E-state index in [0.717, 1.165) is 31.3 Å². The highest BCUT2D eigenvalue weighted by molar-refractivity contribution is 5.91. The number of hydrogen-bond donors (Lipinski definition) is 1. The normalized spacial score (nSPS) is 44.7. The second-order valence-corrected chi connectivity index (χ2v) is 5.95. The van der Waals surface area contributed by atoms with Crippen molar-refractivity contribution in [3.05, 3.63) is 23.8 Å². The summed E-state index contributed by atoms with van der Waals surface area (Å²) >= 11 is 0. The van der Waals surface area contributed by atoms with Gasteiger partial charge in [0.1, 0.15) is 12.2 Å². The summed E-state index contributed by atoms with van der Waals surface area (Å²) in [6.45, 7) is 6.01. The van der Waals surface area contributed by atoms with E-state index in [0.29, 0.717) is 5.57 Å². The predicted octanol–water partition coefficient (Wildman–Crippen LogP) is 1.73. The third kappa shape index (κ3) is 2.13. The second kappa shape index (κ2) is 4.46. The molecule has 0 spiro atoms. The molecule has 3 rings (SSSR count). The fourth-order valence-corrected chi connectivity index (χ4v) is 3.26. The lowest BCUT2D eigenvalue weighted by Crippen LogP contribution is -2.29. The van der Waals surface area contributed by atoms with E-state index in [9.17, 15) is 9.90 Å². The quantitative estimate of drug-likeness (QED) is 0.339. The third-order valence-electron chi connectivity index (χ3n) is 4.64. The number of aliphatic hydroxyl groups is 1. The lowest BCUT2D eigenvalue weighted by Gasteiger charge is -2.19. The summed E-state index contributed by atoms with van der Waals surface area (Å²) < 4.78 is 11.3. The SMILES string of the molecule is C=C1C(=O)O[C@@H]2C3OC3(C)CC/C=C(/CO)CC[C@@H]12. The van der Waals surface area contributed by atoms with Gasteiger partial charge in [-0.15, -0.1) is 0 Å². The summed E-state index contributed by atoms with van der Waals surface area (Å²) in [5, 5.41) is 9.35. The van der Waals surface area contributed by atoms with Crippen molar-refractivity contribution in [3.63, 3.8) is 0 Å². The average molecular weight is 264 g/mol. The Bertz CT molecular complexity index is 453. The molecule has 2 heterocycles. The minimum Gasteiger partial charge on any atom is -0.455 e. The first-order chi connectivity index (χ1) is 9.05. The monoisotopic (exact) mass is 264 g/mol. The largest absolute Gasteiger partial charge is 0.455 e. The smallest absolute Gasteiger partial charge is 0.334 e. The number of hydrogen-bond acceptors (Lipinski definition) is 4. The van der Waals surface area contributed by atoms with E-state index in [4.69, 9.17) is 9.47 Å². The lowest BCUT2D eigenvalue weighted by molar-refractivity contribution is -0.140. The summed E-state index contributed by atoms with van der Waals surface area (Å²) in [5.41, 5.74) is 1.40. The molecule has 0 aromatic carbocycles. The van der Waals surface area contributed by atoms with Gasteiger partial charge in [0.2, 0.25) is 0 Å². The number of fused-ring (bicyclic) bond motifs is 3. The Balaban J connectivity index is 1.86. The zero-order chi connectivity index (χ0) is 13.6. The molecule has 0 radical (unpaired) electrons. The van der Waals surface area contributed by atoms with Crippen molar-refractivity contribution in [3.8, 4) is 0 Å². The highest BCUT2D eigenvalue weighted by Crippen LogP contribution is 2.49. The summed E-state index contributed by atoms with van der Waals surface area (Å²) in [7, 11) is 0. The van der Waals surface area contributed by atoms with Gasteiger partial charge in [-0.1, -0.05) is 12.7 Å². The van der Waals surface area contributed by atoms with Crippen LogP contribution in [0, 0.1) is 5.92 Å². The van der Waals surface area contributed by atoms with Crippen LogP contribution in [0.5, 0.6) is 0 Å². The maximum Gasteiger partial charge on any atom is 0.334 e. The molecule has 104 valence electrons. The van der Waals surface area contributed by atoms with E-state index in [1.165, 1.54) is 0 Å². The summed E-state index contributed by atoms with van der Waals surface area (Å²) in [5.74, 6) is -0.269. The molecule has 4 atom stereocenters. The minimum atomic E-state index is -0.290. The Morgan fingerprint density at radius 2 is 2.37 bits per heavy atom. The van der Waals surface area contributed by atoms with Crippen molar-refractivity contribution in [2.24, 2.45) is 5.92 Å². The van der Waals surface area contributed by atoms with Gasteiger partial charge in [-0.2, -0.15) is 0 Å². The summed E-state index contributed by atoms with van der Waals surface area (Å²) in [4.78, 5) is 11.7. The minimum absolute atomic E-state index is 0.00442. The van der Waals surface area contributed by atoms with Crippen LogP contribution in [-0.2, 0) is 14.3 Å². The van der Waals surface area contributed by atoms with Crippen molar-refractivity contribution in [2.75, 3.05) is 6.61 Å². The maximum atomic E-state index is 11.7. The highest BCUT2D eigenvalue weighted by atomic mass is 16.6. The fraction of sp³-hybridized carbons (Fsp3) is 0.667. The fourth-order valence-electron chi connectivity index (χ4n) is 3.26. The van der Waals surface area contributed by atoms with Crippen LogP contribution in [0.3, 0.4) is 0 Å². The molecule has 0 aromatic heterocycles. The molecule has 4 heteroatoms. The Hall–Kier alpha value is -1.13. The predicted molar refractivity (Wildman–Crippen MR) is 69.4 cm³/mol. The van der Waals surface area contributed by atoms with Crippen molar-refractivity contribution in [2.45, 2.75) is 50.4 Å². The topological polar surface area (TPSA) is 59.1 Å². The first-order valence-electron chi connectivity index (χ1n) is 6.91. The van der Waals surface area contributed by atoms with E-state index in [-0.39, 0.29) is 36.3 Å². The van der Waals surface area contributed by atoms with Crippen molar-refractivity contribution in [1.82, 2.24) is 0 Å². The van der Waals surface area contributed by atoms with E-state index in [1.54, 1.807) is 0 Å². The van der Waals surface area contributed by atoms with Gasteiger partial charge in [0.25, 0.3) is 0 Å².